The Morgan fingerprint density at radius 1 is 1.23 bits per heavy atom. The van der Waals surface area contributed by atoms with Crippen molar-refractivity contribution in [2.24, 2.45) is 5.92 Å². The largest absolute Gasteiger partial charge is 0.0925 e. The number of aryl methyl sites for hydroxylation is 1. The molecule has 0 heterocycles. The van der Waals surface area contributed by atoms with Crippen molar-refractivity contribution in [1.82, 2.24) is 0 Å². The first-order valence-electron chi connectivity index (χ1n) is 4.78. The highest BCUT2D eigenvalue weighted by molar-refractivity contribution is 9.09. The van der Waals surface area contributed by atoms with Gasteiger partial charge in [-0.05, 0) is 29.9 Å². The Kier molecular flexibility index (Phi) is 3.98. The molecule has 0 bridgehead atoms. The van der Waals surface area contributed by atoms with Gasteiger partial charge in [0.15, 0.2) is 0 Å². The molecule has 0 fully saturated rings. The van der Waals surface area contributed by atoms with Crippen LogP contribution in [0.2, 0.25) is 0 Å². The quantitative estimate of drug-likeness (QED) is 0.698. The van der Waals surface area contributed by atoms with Crippen molar-refractivity contribution in [2.75, 3.05) is 5.33 Å². The molecule has 1 aromatic carbocycles. The molecule has 0 saturated heterocycles. The molecule has 0 saturated carbocycles. The predicted octanol–water partition coefficient (Wildman–Crippen LogP) is 4.13. The summed E-state index contributed by atoms with van der Waals surface area (Å²) in [5, 5.41) is 1.07. The molecule has 13 heavy (non-hydrogen) atoms. The second-order valence-electron chi connectivity index (χ2n) is 3.78. The van der Waals surface area contributed by atoms with Crippen LogP contribution in [0.3, 0.4) is 0 Å². The van der Waals surface area contributed by atoms with E-state index in [0.29, 0.717) is 11.8 Å². The zero-order valence-corrected chi connectivity index (χ0v) is 10.1. The van der Waals surface area contributed by atoms with E-state index in [2.05, 4.69) is 61.0 Å². The van der Waals surface area contributed by atoms with E-state index in [4.69, 9.17) is 0 Å². The molecule has 0 N–H and O–H groups in total. The highest BCUT2D eigenvalue weighted by atomic mass is 79.9. The zero-order valence-electron chi connectivity index (χ0n) is 8.55. The lowest BCUT2D eigenvalue weighted by atomic mass is 9.88. The summed E-state index contributed by atoms with van der Waals surface area (Å²) < 4.78 is 0. The normalized spacial score (nSPS) is 15.4. The lowest BCUT2D eigenvalue weighted by Gasteiger charge is -2.19. The van der Waals surface area contributed by atoms with Gasteiger partial charge in [0, 0.05) is 5.33 Å². The molecule has 1 aromatic rings. The third-order valence-electron chi connectivity index (χ3n) is 2.78. The van der Waals surface area contributed by atoms with Crippen molar-refractivity contribution in [3.8, 4) is 0 Å². The number of alkyl halides is 1. The Morgan fingerprint density at radius 2 is 1.85 bits per heavy atom. The van der Waals surface area contributed by atoms with Crippen molar-refractivity contribution in [1.29, 1.82) is 0 Å². The molecule has 0 aliphatic rings. The summed E-state index contributed by atoms with van der Waals surface area (Å²) in [5.41, 5.74) is 2.89. The van der Waals surface area contributed by atoms with E-state index in [-0.39, 0.29) is 0 Å². The van der Waals surface area contributed by atoms with Crippen molar-refractivity contribution in [3.63, 3.8) is 0 Å². The van der Waals surface area contributed by atoms with E-state index in [0.717, 1.165) is 5.33 Å². The van der Waals surface area contributed by atoms with Crippen molar-refractivity contribution in [2.45, 2.75) is 26.7 Å². The van der Waals surface area contributed by atoms with Crippen LogP contribution in [0.15, 0.2) is 24.3 Å². The minimum Gasteiger partial charge on any atom is -0.0925 e. The van der Waals surface area contributed by atoms with E-state index >= 15 is 0 Å². The summed E-state index contributed by atoms with van der Waals surface area (Å²) >= 11 is 3.54. The van der Waals surface area contributed by atoms with E-state index < -0.39 is 0 Å². The van der Waals surface area contributed by atoms with Gasteiger partial charge in [0.1, 0.15) is 0 Å². The molecule has 0 spiro atoms. The third kappa shape index (κ3) is 2.57. The summed E-state index contributed by atoms with van der Waals surface area (Å²) in [4.78, 5) is 0. The molecule has 0 aromatic heterocycles. The average Bonchev–Trinajstić information content (AvgIpc) is 2.16. The highest BCUT2D eigenvalue weighted by Gasteiger charge is 2.14. The van der Waals surface area contributed by atoms with Crippen LogP contribution >= 0.6 is 15.9 Å². The molecule has 2 unspecified atom stereocenters. The number of hydrogen-bond donors (Lipinski definition) is 0. The standard InChI is InChI=1S/C12H17Br/c1-9-6-4-5-7-12(9)11(3)10(2)8-13/h4-7,10-11H,8H2,1-3H3. The summed E-state index contributed by atoms with van der Waals surface area (Å²) in [6.07, 6.45) is 0. The minimum absolute atomic E-state index is 0.639. The SMILES string of the molecule is Cc1ccccc1C(C)C(C)CBr. The second kappa shape index (κ2) is 4.80. The van der Waals surface area contributed by atoms with Gasteiger partial charge in [-0.2, -0.15) is 0 Å². The molecule has 72 valence electrons. The molecule has 0 aliphatic carbocycles. The fraction of sp³-hybridized carbons (Fsp3) is 0.500. The first-order chi connectivity index (χ1) is 6.16. The monoisotopic (exact) mass is 240 g/mol. The van der Waals surface area contributed by atoms with Gasteiger partial charge in [-0.15, -0.1) is 0 Å². The van der Waals surface area contributed by atoms with Crippen LogP contribution in [-0.4, -0.2) is 5.33 Å². The average molecular weight is 241 g/mol. The van der Waals surface area contributed by atoms with Crippen molar-refractivity contribution in [3.05, 3.63) is 35.4 Å². The molecular formula is C12H17Br. The maximum Gasteiger partial charge on any atom is 0.00627 e. The maximum absolute atomic E-state index is 3.54. The number of rotatable bonds is 3. The van der Waals surface area contributed by atoms with Crippen molar-refractivity contribution >= 4 is 15.9 Å². The Morgan fingerprint density at radius 3 is 2.38 bits per heavy atom. The molecule has 1 rings (SSSR count). The first-order valence-corrected chi connectivity index (χ1v) is 5.90. The van der Waals surface area contributed by atoms with E-state index in [1.54, 1.807) is 0 Å². The van der Waals surface area contributed by atoms with Gasteiger partial charge in [0.05, 0.1) is 0 Å². The second-order valence-corrected chi connectivity index (χ2v) is 4.42. The Hall–Kier alpha value is -0.300. The molecule has 2 atom stereocenters. The van der Waals surface area contributed by atoms with Gasteiger partial charge < -0.3 is 0 Å². The lowest BCUT2D eigenvalue weighted by Crippen LogP contribution is -2.08. The van der Waals surface area contributed by atoms with Gasteiger partial charge in [-0.1, -0.05) is 54.0 Å². The topological polar surface area (TPSA) is 0 Å². The molecule has 0 amide bonds. The van der Waals surface area contributed by atoms with Crippen LogP contribution in [0.4, 0.5) is 0 Å². The summed E-state index contributed by atoms with van der Waals surface area (Å²) in [7, 11) is 0. The number of hydrogen-bond acceptors (Lipinski definition) is 0. The fourth-order valence-electron chi connectivity index (χ4n) is 1.54. The molecule has 0 radical (unpaired) electrons. The van der Waals surface area contributed by atoms with E-state index in [1.807, 2.05) is 0 Å². The summed E-state index contributed by atoms with van der Waals surface area (Å²) in [6, 6.07) is 8.65. The minimum atomic E-state index is 0.639. The van der Waals surface area contributed by atoms with Gasteiger partial charge in [0.2, 0.25) is 0 Å². The fourth-order valence-corrected chi connectivity index (χ4v) is 2.10. The molecule has 0 nitrogen and oxygen atoms in total. The smallest absolute Gasteiger partial charge is 0.00627 e. The highest BCUT2D eigenvalue weighted by Crippen LogP contribution is 2.27. The Labute approximate surface area is 89.5 Å². The Bertz CT molecular complexity index is 268. The predicted molar refractivity (Wildman–Crippen MR) is 62.6 cm³/mol. The van der Waals surface area contributed by atoms with Crippen LogP contribution in [0, 0.1) is 12.8 Å². The van der Waals surface area contributed by atoms with Gasteiger partial charge in [-0.3, -0.25) is 0 Å². The van der Waals surface area contributed by atoms with Crippen LogP contribution in [0.25, 0.3) is 0 Å². The van der Waals surface area contributed by atoms with Crippen molar-refractivity contribution < 1.29 is 0 Å². The molecular weight excluding hydrogens is 224 g/mol. The first kappa shape index (κ1) is 10.8. The molecule has 0 aliphatic heterocycles. The Balaban J connectivity index is 2.88. The van der Waals surface area contributed by atoms with Crippen LogP contribution in [-0.2, 0) is 0 Å². The van der Waals surface area contributed by atoms with E-state index in [1.165, 1.54) is 11.1 Å². The van der Waals surface area contributed by atoms with Gasteiger partial charge in [0.25, 0.3) is 0 Å². The maximum atomic E-state index is 3.54. The van der Waals surface area contributed by atoms with Gasteiger partial charge >= 0.3 is 0 Å². The lowest BCUT2D eigenvalue weighted by molar-refractivity contribution is 0.545. The van der Waals surface area contributed by atoms with Crippen LogP contribution in [0.1, 0.15) is 30.9 Å². The van der Waals surface area contributed by atoms with Crippen LogP contribution in [0.5, 0.6) is 0 Å². The van der Waals surface area contributed by atoms with Gasteiger partial charge in [-0.25, -0.2) is 0 Å². The third-order valence-corrected chi connectivity index (χ3v) is 3.80. The van der Waals surface area contributed by atoms with E-state index in [9.17, 15) is 0 Å². The number of halogens is 1. The van der Waals surface area contributed by atoms with Crippen LogP contribution < -0.4 is 0 Å². The summed E-state index contributed by atoms with van der Waals surface area (Å²) in [5.74, 6) is 1.33. The summed E-state index contributed by atoms with van der Waals surface area (Å²) in [6.45, 7) is 6.77. The zero-order chi connectivity index (χ0) is 9.84. The number of benzene rings is 1. The molecule has 1 heteroatoms.